The zero-order chi connectivity index (χ0) is 22.0. The number of carbonyl (C=O) groups is 1. The lowest BCUT2D eigenvalue weighted by Gasteiger charge is -2.29. The van der Waals surface area contributed by atoms with Crippen LogP contribution in [0.2, 0.25) is 5.02 Å². The highest BCUT2D eigenvalue weighted by molar-refractivity contribution is 6.30. The molecule has 2 aromatic carbocycles. The van der Waals surface area contributed by atoms with Gasteiger partial charge in [0.05, 0.1) is 32.1 Å². The Labute approximate surface area is 184 Å². The average Bonchev–Trinajstić information content (AvgIpc) is 3.26. The number of nitrogens with one attached hydrogen (secondary N) is 1. The third-order valence-corrected chi connectivity index (χ3v) is 5.19. The summed E-state index contributed by atoms with van der Waals surface area (Å²) in [7, 11) is 2.93. The van der Waals surface area contributed by atoms with Crippen molar-refractivity contribution >= 4 is 29.2 Å². The van der Waals surface area contributed by atoms with Crippen molar-refractivity contribution in [3.8, 4) is 11.5 Å². The average molecular weight is 441 g/mol. The van der Waals surface area contributed by atoms with Crippen molar-refractivity contribution in [1.29, 1.82) is 0 Å². The highest BCUT2D eigenvalue weighted by Crippen LogP contribution is 2.41. The number of benzene rings is 2. The maximum atomic E-state index is 13.0. The van der Waals surface area contributed by atoms with Crippen molar-refractivity contribution in [2.45, 2.75) is 13.0 Å². The molecule has 0 saturated heterocycles. The van der Waals surface area contributed by atoms with Gasteiger partial charge in [0.1, 0.15) is 12.4 Å². The molecule has 2 heterocycles. The molecule has 0 spiro atoms. The van der Waals surface area contributed by atoms with E-state index < -0.39 is 12.0 Å². The number of aromatic nitrogens is 3. The minimum absolute atomic E-state index is 0.385. The van der Waals surface area contributed by atoms with Crippen LogP contribution in [0, 0.1) is 0 Å². The van der Waals surface area contributed by atoms with Crippen molar-refractivity contribution in [2.24, 2.45) is 0 Å². The summed E-state index contributed by atoms with van der Waals surface area (Å²) in [6.07, 6.45) is 1.43. The number of anilines is 1. The summed E-state index contributed by atoms with van der Waals surface area (Å²) in [5, 5.41) is 8.15. The number of esters is 1. The minimum Gasteiger partial charge on any atom is -0.493 e. The van der Waals surface area contributed by atoms with Crippen LogP contribution in [-0.4, -0.2) is 41.6 Å². The molecular weight excluding hydrogens is 420 g/mol. The van der Waals surface area contributed by atoms with Crippen LogP contribution in [0.1, 0.15) is 24.1 Å². The lowest BCUT2D eigenvalue weighted by atomic mass is 9.92. The van der Waals surface area contributed by atoms with E-state index in [1.807, 2.05) is 31.2 Å². The molecule has 0 unspecified atom stereocenters. The Bertz CT molecular complexity index is 1140. The molecule has 0 radical (unpaired) electrons. The fraction of sp³-hybridized carbons (Fsp3) is 0.227. The van der Waals surface area contributed by atoms with E-state index in [1.54, 1.807) is 30.0 Å². The number of ether oxygens (including phenoxy) is 3. The van der Waals surface area contributed by atoms with Gasteiger partial charge in [-0.1, -0.05) is 29.8 Å². The molecule has 1 aromatic heterocycles. The summed E-state index contributed by atoms with van der Waals surface area (Å²) in [5.41, 5.74) is 2.49. The summed E-state index contributed by atoms with van der Waals surface area (Å²) in [6.45, 7) is 2.36. The Kier molecular flexibility index (Phi) is 5.81. The molecule has 1 atom stereocenters. The molecule has 0 amide bonds. The largest absolute Gasteiger partial charge is 0.493 e. The van der Waals surface area contributed by atoms with Crippen LogP contribution < -0.4 is 14.8 Å². The van der Waals surface area contributed by atoms with Gasteiger partial charge in [-0.2, -0.15) is 10.1 Å². The smallest absolute Gasteiger partial charge is 0.338 e. The number of carbonyl (C=O) groups excluding carboxylic acids is 1. The van der Waals surface area contributed by atoms with Gasteiger partial charge in [0.2, 0.25) is 5.95 Å². The van der Waals surface area contributed by atoms with Gasteiger partial charge in [0, 0.05) is 5.02 Å². The molecule has 1 aliphatic rings. The fourth-order valence-corrected chi connectivity index (χ4v) is 3.70. The monoisotopic (exact) mass is 440 g/mol. The van der Waals surface area contributed by atoms with Crippen molar-refractivity contribution < 1.29 is 19.0 Å². The van der Waals surface area contributed by atoms with E-state index in [0.29, 0.717) is 40.3 Å². The molecule has 31 heavy (non-hydrogen) atoms. The first-order valence-corrected chi connectivity index (χ1v) is 10.0. The van der Waals surface area contributed by atoms with E-state index in [2.05, 4.69) is 15.4 Å². The topological polar surface area (TPSA) is 87.5 Å². The molecule has 8 nitrogen and oxygen atoms in total. The van der Waals surface area contributed by atoms with Crippen molar-refractivity contribution in [2.75, 3.05) is 26.1 Å². The van der Waals surface area contributed by atoms with Crippen molar-refractivity contribution in [3.63, 3.8) is 0 Å². The molecule has 0 aliphatic carbocycles. The maximum absolute atomic E-state index is 13.0. The molecule has 0 fully saturated rings. The SMILES string of the molecule is CCOc1cc([C@@H]2C(C(=O)OC)=C(c3ccc(Cl)cc3)Nc3ncnn32)ccc1OC. The number of fused-ring (bicyclic) bond motifs is 1. The summed E-state index contributed by atoms with van der Waals surface area (Å²) in [5.74, 6) is 1.17. The normalized spacial score (nSPS) is 15.2. The Hall–Kier alpha value is -3.52. The van der Waals surface area contributed by atoms with Gasteiger partial charge in [-0.25, -0.2) is 9.48 Å². The van der Waals surface area contributed by atoms with E-state index in [9.17, 15) is 4.79 Å². The summed E-state index contributed by atoms with van der Waals surface area (Å²) < 4.78 is 17.9. The number of methoxy groups -OCH3 is 2. The predicted molar refractivity (Wildman–Crippen MR) is 116 cm³/mol. The molecule has 0 saturated carbocycles. The lowest BCUT2D eigenvalue weighted by molar-refractivity contribution is -0.136. The Morgan fingerprint density at radius 1 is 1.16 bits per heavy atom. The zero-order valence-electron chi connectivity index (χ0n) is 17.3. The Morgan fingerprint density at radius 3 is 2.61 bits per heavy atom. The molecule has 1 N–H and O–H groups in total. The highest BCUT2D eigenvalue weighted by atomic mass is 35.5. The molecule has 4 rings (SSSR count). The summed E-state index contributed by atoms with van der Waals surface area (Å²) in [4.78, 5) is 17.3. The first-order valence-electron chi connectivity index (χ1n) is 9.63. The Morgan fingerprint density at radius 2 is 1.94 bits per heavy atom. The van der Waals surface area contributed by atoms with Gasteiger partial charge in [0.15, 0.2) is 11.5 Å². The van der Waals surface area contributed by atoms with Gasteiger partial charge < -0.3 is 19.5 Å². The van der Waals surface area contributed by atoms with E-state index in [-0.39, 0.29) is 0 Å². The standard InChI is InChI=1S/C22H21ClN4O4/c1-4-31-17-11-14(7-10-16(17)29-2)20-18(21(28)30-3)19(13-5-8-15(23)9-6-13)26-22-24-12-25-27(20)22/h5-12,20H,4H2,1-3H3,(H,24,25,26)/t20-/m1/s1. The van der Waals surface area contributed by atoms with E-state index in [4.69, 9.17) is 25.8 Å². The van der Waals surface area contributed by atoms with Crippen molar-refractivity contribution in [1.82, 2.24) is 14.8 Å². The number of hydrogen-bond donors (Lipinski definition) is 1. The quantitative estimate of drug-likeness (QED) is 0.581. The van der Waals surface area contributed by atoms with Gasteiger partial charge in [-0.15, -0.1) is 0 Å². The van der Waals surface area contributed by atoms with E-state index in [1.165, 1.54) is 13.4 Å². The highest BCUT2D eigenvalue weighted by Gasteiger charge is 2.36. The maximum Gasteiger partial charge on any atom is 0.338 e. The van der Waals surface area contributed by atoms with E-state index >= 15 is 0 Å². The predicted octanol–water partition coefficient (Wildman–Crippen LogP) is 3.94. The second kappa shape index (κ2) is 8.69. The third kappa shape index (κ3) is 3.82. The lowest BCUT2D eigenvalue weighted by Crippen LogP contribution is -2.29. The number of rotatable bonds is 6. The molecule has 9 heteroatoms. The van der Waals surface area contributed by atoms with Crippen LogP contribution in [0.5, 0.6) is 11.5 Å². The van der Waals surface area contributed by atoms with Crippen LogP contribution in [0.3, 0.4) is 0 Å². The van der Waals surface area contributed by atoms with E-state index in [0.717, 1.165) is 11.1 Å². The van der Waals surface area contributed by atoms with Crippen LogP contribution in [-0.2, 0) is 9.53 Å². The molecule has 3 aromatic rings. The van der Waals surface area contributed by atoms with Crippen molar-refractivity contribution in [3.05, 3.63) is 70.5 Å². The summed E-state index contributed by atoms with van der Waals surface area (Å²) >= 11 is 6.06. The minimum atomic E-state index is -0.595. The fourth-order valence-electron chi connectivity index (χ4n) is 3.57. The molecular formula is C22H21ClN4O4. The zero-order valence-corrected chi connectivity index (χ0v) is 18.0. The van der Waals surface area contributed by atoms with Crippen LogP contribution in [0.4, 0.5) is 5.95 Å². The van der Waals surface area contributed by atoms with Gasteiger partial charge in [-0.05, 0) is 42.3 Å². The second-order valence-electron chi connectivity index (χ2n) is 6.69. The van der Waals surface area contributed by atoms with Gasteiger partial charge in [-0.3, -0.25) is 0 Å². The first-order chi connectivity index (χ1) is 15.1. The van der Waals surface area contributed by atoms with Crippen LogP contribution in [0.25, 0.3) is 5.70 Å². The second-order valence-corrected chi connectivity index (χ2v) is 7.12. The van der Waals surface area contributed by atoms with Crippen LogP contribution >= 0.6 is 11.6 Å². The number of nitrogens with zero attached hydrogens (tertiary/aromatic N) is 3. The molecule has 1 aliphatic heterocycles. The van der Waals surface area contributed by atoms with Crippen LogP contribution in [0.15, 0.2) is 54.4 Å². The number of halogens is 1. The molecule has 0 bridgehead atoms. The third-order valence-electron chi connectivity index (χ3n) is 4.94. The summed E-state index contributed by atoms with van der Waals surface area (Å²) in [6, 6.07) is 12.1. The van der Waals surface area contributed by atoms with Gasteiger partial charge in [0.25, 0.3) is 0 Å². The first kappa shape index (κ1) is 20.7. The Balaban J connectivity index is 1.95. The molecule has 160 valence electrons. The number of hydrogen-bond acceptors (Lipinski definition) is 7. The van der Waals surface area contributed by atoms with Gasteiger partial charge >= 0.3 is 5.97 Å².